The number of H-pyrrole nitrogens is 1. The van der Waals surface area contributed by atoms with Gasteiger partial charge in [0.2, 0.25) is 0 Å². The summed E-state index contributed by atoms with van der Waals surface area (Å²) in [7, 11) is 1.41. The number of phenols is 1. The van der Waals surface area contributed by atoms with Crippen molar-refractivity contribution in [3.8, 4) is 5.75 Å². The van der Waals surface area contributed by atoms with E-state index in [-0.39, 0.29) is 16.4 Å². The van der Waals surface area contributed by atoms with Crippen LogP contribution in [0, 0.1) is 16.5 Å². The third-order valence-electron chi connectivity index (χ3n) is 2.68. The maximum Gasteiger partial charge on any atom is 0.275 e. The van der Waals surface area contributed by atoms with E-state index in [0.717, 1.165) is 22.9 Å². The molecule has 20 heavy (non-hydrogen) atoms. The number of nitrogens with zero attached hydrogens (tertiary/aromatic N) is 2. The van der Waals surface area contributed by atoms with Crippen LogP contribution in [0.25, 0.3) is 12.3 Å². The SMILES string of the molecule is Cn1c(=O)c(=Cc2cc(F)c(O)c(F)c2)[nH]/c1=C\N=O. The molecule has 0 saturated carbocycles. The molecule has 0 aliphatic carbocycles. The minimum absolute atomic E-state index is 0.0203. The molecule has 0 spiro atoms. The Kier molecular flexibility index (Phi) is 3.47. The van der Waals surface area contributed by atoms with Crippen LogP contribution >= 0.6 is 0 Å². The Morgan fingerprint density at radius 3 is 2.50 bits per heavy atom. The Hall–Kier alpha value is -2.77. The third-order valence-corrected chi connectivity index (χ3v) is 2.68. The molecule has 2 N–H and O–H groups in total. The van der Waals surface area contributed by atoms with Crippen molar-refractivity contribution in [2.75, 3.05) is 0 Å². The molecule has 2 rings (SSSR count). The second kappa shape index (κ2) is 5.08. The summed E-state index contributed by atoms with van der Waals surface area (Å²) in [5, 5.41) is 11.5. The summed E-state index contributed by atoms with van der Waals surface area (Å²) >= 11 is 0. The first kappa shape index (κ1) is 13.7. The number of aromatic hydroxyl groups is 1. The van der Waals surface area contributed by atoms with Crippen LogP contribution in [-0.4, -0.2) is 14.7 Å². The molecule has 104 valence electrons. The van der Waals surface area contributed by atoms with Gasteiger partial charge in [-0.05, 0) is 28.9 Å². The molecule has 0 amide bonds. The number of aromatic amines is 1. The van der Waals surface area contributed by atoms with Crippen LogP contribution in [-0.2, 0) is 7.05 Å². The van der Waals surface area contributed by atoms with Crippen molar-refractivity contribution < 1.29 is 13.9 Å². The van der Waals surface area contributed by atoms with E-state index in [1.54, 1.807) is 0 Å². The van der Waals surface area contributed by atoms with E-state index >= 15 is 0 Å². The normalized spacial score (nSPS) is 12.9. The van der Waals surface area contributed by atoms with Crippen LogP contribution in [0.15, 0.2) is 22.1 Å². The van der Waals surface area contributed by atoms with Crippen molar-refractivity contribution in [1.29, 1.82) is 0 Å². The quantitative estimate of drug-likeness (QED) is 0.761. The first-order chi connectivity index (χ1) is 9.43. The molecule has 0 fully saturated rings. The van der Waals surface area contributed by atoms with Gasteiger partial charge in [0.25, 0.3) is 5.56 Å². The van der Waals surface area contributed by atoms with Gasteiger partial charge < -0.3 is 10.1 Å². The lowest BCUT2D eigenvalue weighted by atomic mass is 10.2. The highest BCUT2D eigenvalue weighted by atomic mass is 19.1. The molecule has 0 saturated heterocycles. The van der Waals surface area contributed by atoms with E-state index in [4.69, 9.17) is 5.11 Å². The molecule has 0 bridgehead atoms. The highest BCUT2D eigenvalue weighted by Gasteiger charge is 2.08. The lowest BCUT2D eigenvalue weighted by Gasteiger charge is -1.98. The molecule has 8 heteroatoms. The fourth-order valence-electron chi connectivity index (χ4n) is 1.67. The highest BCUT2D eigenvalue weighted by Crippen LogP contribution is 2.21. The van der Waals surface area contributed by atoms with Crippen molar-refractivity contribution in [3.63, 3.8) is 0 Å². The van der Waals surface area contributed by atoms with Gasteiger partial charge in [-0.25, -0.2) is 8.78 Å². The minimum Gasteiger partial charge on any atom is -0.503 e. The number of imidazole rings is 1. The van der Waals surface area contributed by atoms with Crippen molar-refractivity contribution in [1.82, 2.24) is 9.55 Å². The van der Waals surface area contributed by atoms with Gasteiger partial charge in [0.15, 0.2) is 17.4 Å². The van der Waals surface area contributed by atoms with E-state index in [2.05, 4.69) is 10.2 Å². The predicted octanol–water partition coefficient (Wildman–Crippen LogP) is 0.0304. The van der Waals surface area contributed by atoms with Crippen molar-refractivity contribution in [3.05, 3.63) is 55.4 Å². The number of hydrogen-bond donors (Lipinski definition) is 2. The van der Waals surface area contributed by atoms with E-state index < -0.39 is 22.9 Å². The Morgan fingerprint density at radius 1 is 1.35 bits per heavy atom. The van der Waals surface area contributed by atoms with E-state index in [1.165, 1.54) is 13.1 Å². The lowest BCUT2D eigenvalue weighted by Crippen LogP contribution is -2.28. The summed E-state index contributed by atoms with van der Waals surface area (Å²) in [5.74, 6) is -3.36. The molecular formula is C12H9F2N3O3. The van der Waals surface area contributed by atoms with E-state index in [1.807, 2.05) is 0 Å². The largest absolute Gasteiger partial charge is 0.503 e. The molecule has 1 aromatic heterocycles. The Balaban J connectivity index is 2.69. The summed E-state index contributed by atoms with van der Waals surface area (Å²) in [4.78, 5) is 24.6. The molecule has 1 heterocycles. The first-order valence-electron chi connectivity index (χ1n) is 5.41. The van der Waals surface area contributed by atoms with Crippen LogP contribution in [0.2, 0.25) is 0 Å². The van der Waals surface area contributed by atoms with Crippen LogP contribution in [0.5, 0.6) is 5.75 Å². The summed E-state index contributed by atoms with van der Waals surface area (Å²) < 4.78 is 27.5. The van der Waals surface area contributed by atoms with Crippen LogP contribution < -0.4 is 16.4 Å². The number of phenolic OH excluding ortho intramolecular Hbond substituents is 1. The van der Waals surface area contributed by atoms with E-state index in [0.29, 0.717) is 0 Å². The topological polar surface area (TPSA) is 87.4 Å². The summed E-state index contributed by atoms with van der Waals surface area (Å²) in [6, 6.07) is 1.75. The van der Waals surface area contributed by atoms with Gasteiger partial charge in [0.1, 0.15) is 17.0 Å². The predicted molar refractivity (Wildman–Crippen MR) is 67.1 cm³/mol. The van der Waals surface area contributed by atoms with Crippen LogP contribution in [0.1, 0.15) is 5.56 Å². The Morgan fingerprint density at radius 2 is 1.95 bits per heavy atom. The average molecular weight is 281 g/mol. The number of nitrogens with one attached hydrogen (secondary N) is 1. The van der Waals surface area contributed by atoms with Gasteiger partial charge in [-0.2, -0.15) is 0 Å². The molecule has 0 aliphatic rings. The number of nitroso groups, excluding NO2 is 1. The molecule has 6 nitrogen and oxygen atoms in total. The van der Waals surface area contributed by atoms with Crippen molar-refractivity contribution >= 4 is 12.3 Å². The lowest BCUT2D eigenvalue weighted by molar-refractivity contribution is 0.396. The van der Waals surface area contributed by atoms with Crippen LogP contribution in [0.3, 0.4) is 0 Å². The van der Waals surface area contributed by atoms with Gasteiger partial charge in [0.05, 0.1) is 0 Å². The fraction of sp³-hybridized carbons (Fsp3) is 0.0833. The first-order valence-corrected chi connectivity index (χ1v) is 5.41. The molecule has 0 unspecified atom stereocenters. The second-order valence-electron chi connectivity index (χ2n) is 4.00. The standard InChI is InChI=1S/C12H9F2N3O3/c1-17-10(5-15-20)16-9(12(17)19)4-6-2-7(13)11(18)8(14)3-6/h2-5,16,18H,1H3/b9-4?,10-5+. The van der Waals surface area contributed by atoms with Gasteiger partial charge >= 0.3 is 0 Å². The summed E-state index contributed by atoms with van der Waals surface area (Å²) in [5.41, 5.74) is -0.299. The van der Waals surface area contributed by atoms with Gasteiger partial charge in [0, 0.05) is 7.05 Å². The average Bonchev–Trinajstić information content (AvgIpc) is 2.65. The highest BCUT2D eigenvalue weighted by molar-refractivity contribution is 5.50. The number of benzene rings is 1. The summed E-state index contributed by atoms with van der Waals surface area (Å²) in [6.45, 7) is 0. The number of aromatic nitrogens is 2. The van der Waals surface area contributed by atoms with Crippen molar-refractivity contribution in [2.24, 2.45) is 12.2 Å². The Labute approximate surface area is 110 Å². The zero-order chi connectivity index (χ0) is 14.9. The Bertz CT molecular complexity index is 829. The molecule has 2 aromatic rings. The smallest absolute Gasteiger partial charge is 0.275 e. The molecular weight excluding hydrogens is 272 g/mol. The number of rotatable bonds is 2. The van der Waals surface area contributed by atoms with Gasteiger partial charge in [-0.15, -0.1) is 4.91 Å². The third kappa shape index (κ3) is 2.35. The molecule has 0 aliphatic heterocycles. The molecule has 0 radical (unpaired) electrons. The van der Waals surface area contributed by atoms with Gasteiger partial charge in [-0.3, -0.25) is 9.36 Å². The maximum atomic E-state index is 13.2. The van der Waals surface area contributed by atoms with Crippen molar-refractivity contribution in [2.45, 2.75) is 0 Å². The van der Waals surface area contributed by atoms with Gasteiger partial charge in [-0.1, -0.05) is 0 Å². The van der Waals surface area contributed by atoms with E-state index in [9.17, 15) is 18.5 Å². The number of hydrogen-bond acceptors (Lipinski definition) is 4. The minimum atomic E-state index is -1.14. The summed E-state index contributed by atoms with van der Waals surface area (Å²) in [6.07, 6.45) is 2.09. The number of halogens is 2. The molecule has 0 atom stereocenters. The zero-order valence-electron chi connectivity index (χ0n) is 10.2. The zero-order valence-corrected chi connectivity index (χ0v) is 10.2. The fourth-order valence-corrected chi connectivity index (χ4v) is 1.67. The second-order valence-corrected chi connectivity index (χ2v) is 4.00. The molecule has 1 aromatic carbocycles. The maximum absolute atomic E-state index is 13.2. The van der Waals surface area contributed by atoms with Crippen LogP contribution in [0.4, 0.5) is 8.78 Å². The monoisotopic (exact) mass is 281 g/mol.